The minimum Gasteiger partial charge on any atom is -0.317 e. The van der Waals surface area contributed by atoms with Gasteiger partial charge in [0.25, 0.3) is 0 Å². The Morgan fingerprint density at radius 1 is 0.370 bits per heavy atom. The molecule has 8 aromatic carbocycles. The van der Waals surface area contributed by atoms with Crippen LogP contribution in [0.2, 0.25) is 0 Å². The Bertz CT molecular complexity index is 3190. The third-order valence-electron chi connectivity index (χ3n) is 10.7. The van der Waals surface area contributed by atoms with E-state index in [9.17, 15) is 0 Å². The van der Waals surface area contributed by atoms with Crippen molar-refractivity contribution < 1.29 is 0 Å². The van der Waals surface area contributed by atoms with Crippen LogP contribution in [0.15, 0.2) is 194 Å². The van der Waals surface area contributed by atoms with Gasteiger partial charge in [-0.1, -0.05) is 121 Å². The fourth-order valence-electron chi connectivity index (χ4n) is 8.17. The smallest absolute Gasteiger partial charge is 0.160 e. The summed E-state index contributed by atoms with van der Waals surface area (Å²) in [5, 5.41) is 7.06. The first-order valence-electron chi connectivity index (χ1n) is 18.3. The van der Waals surface area contributed by atoms with E-state index in [-0.39, 0.29) is 0 Å². The summed E-state index contributed by atoms with van der Waals surface area (Å²) in [5.74, 6) is 0.707. The second-order valence-electron chi connectivity index (χ2n) is 13.9. The van der Waals surface area contributed by atoms with Gasteiger partial charge in [-0.3, -0.25) is 0 Å². The maximum Gasteiger partial charge on any atom is 0.160 e. The van der Waals surface area contributed by atoms with Crippen molar-refractivity contribution in [2.75, 3.05) is 0 Å². The van der Waals surface area contributed by atoms with Crippen molar-refractivity contribution >= 4 is 54.4 Å². The number of para-hydroxylation sites is 3. The van der Waals surface area contributed by atoms with Crippen LogP contribution in [-0.4, -0.2) is 19.1 Å². The summed E-state index contributed by atoms with van der Waals surface area (Å²) in [4.78, 5) is 10.5. The van der Waals surface area contributed by atoms with Crippen LogP contribution in [-0.2, 0) is 0 Å². The highest BCUT2D eigenvalue weighted by atomic mass is 15.0. The second-order valence-corrected chi connectivity index (χ2v) is 13.9. The molecule has 54 heavy (non-hydrogen) atoms. The highest BCUT2D eigenvalue weighted by molar-refractivity contribution is 6.14. The second kappa shape index (κ2) is 12.1. The van der Waals surface area contributed by atoms with Crippen LogP contribution < -0.4 is 0 Å². The molecule has 0 saturated carbocycles. The summed E-state index contributed by atoms with van der Waals surface area (Å²) in [6.07, 6.45) is 2.17. The van der Waals surface area contributed by atoms with Crippen molar-refractivity contribution in [3.05, 3.63) is 194 Å². The predicted molar refractivity (Wildman–Crippen MR) is 225 cm³/mol. The van der Waals surface area contributed by atoms with Gasteiger partial charge < -0.3 is 9.13 Å². The van der Waals surface area contributed by atoms with Gasteiger partial charge in [0, 0.05) is 50.2 Å². The zero-order chi connectivity index (χ0) is 35.6. The van der Waals surface area contributed by atoms with E-state index in [0.717, 1.165) is 55.5 Å². The van der Waals surface area contributed by atoms with Gasteiger partial charge in [0.05, 0.1) is 27.8 Å². The van der Waals surface area contributed by atoms with E-state index in [4.69, 9.17) is 9.97 Å². The normalized spacial score (nSPS) is 11.7. The number of aromatic nitrogens is 4. The third-order valence-corrected chi connectivity index (χ3v) is 10.7. The van der Waals surface area contributed by atoms with Crippen molar-refractivity contribution in [2.24, 2.45) is 0 Å². The number of hydrogen-bond acceptors (Lipinski definition) is 2. The summed E-state index contributed by atoms with van der Waals surface area (Å²) in [6.45, 7) is 0. The van der Waals surface area contributed by atoms with E-state index in [1.165, 1.54) is 38.2 Å². The van der Waals surface area contributed by atoms with Crippen LogP contribution >= 0.6 is 0 Å². The lowest BCUT2D eigenvalue weighted by Gasteiger charge is -2.11. The molecule has 3 heterocycles. The van der Waals surface area contributed by atoms with E-state index < -0.39 is 0 Å². The number of rotatable bonds is 5. The fourth-order valence-corrected chi connectivity index (χ4v) is 8.17. The lowest BCUT2D eigenvalue weighted by molar-refractivity contribution is 1.13. The maximum atomic E-state index is 5.32. The average molecular weight is 689 g/mol. The molecule has 0 saturated heterocycles. The Balaban J connectivity index is 1.09. The first kappa shape index (κ1) is 30.3. The molecule has 11 aromatic rings. The molecule has 0 amide bonds. The predicted octanol–water partition coefficient (Wildman–Crippen LogP) is 12.8. The van der Waals surface area contributed by atoms with Crippen molar-refractivity contribution in [3.8, 4) is 45.1 Å². The number of fused-ring (bicyclic) bond motifs is 6. The van der Waals surface area contributed by atoms with Gasteiger partial charge in [-0.15, -0.1) is 0 Å². The van der Waals surface area contributed by atoms with Crippen molar-refractivity contribution in [3.63, 3.8) is 0 Å². The van der Waals surface area contributed by atoms with Gasteiger partial charge in [0.2, 0.25) is 0 Å². The summed E-state index contributed by atoms with van der Waals surface area (Å²) >= 11 is 0. The first-order chi connectivity index (χ1) is 26.8. The van der Waals surface area contributed by atoms with Crippen molar-refractivity contribution in [1.82, 2.24) is 19.1 Å². The SMILES string of the molecule is c1ccc(-n2ccc3cc4c(cc32)c2cc(-c3nc(-c5ccc(-c6cccc7ccccc67)cc5)c5ccccc5n3)ccc2n4-c2ccccc2)cc1. The zero-order valence-electron chi connectivity index (χ0n) is 29.3. The topological polar surface area (TPSA) is 35.6 Å². The molecule has 0 N–H and O–H groups in total. The van der Waals surface area contributed by atoms with E-state index in [1.807, 2.05) is 0 Å². The first-order valence-corrected chi connectivity index (χ1v) is 18.3. The Hall–Kier alpha value is -7.30. The Morgan fingerprint density at radius 2 is 1.04 bits per heavy atom. The molecule has 0 atom stereocenters. The molecule has 0 radical (unpaired) electrons. The standard InChI is InChI=1S/C50H32N4/c1-3-14-38(15-4-1)53-29-28-36-31-48-44(32-47(36)53)43-30-37(26-27-46(43)54(48)39-16-5-2-6-17-39)50-51-45-21-10-9-19-42(45)49(52-50)35-24-22-34(23-25-35)41-20-11-13-33-12-7-8-18-40(33)41/h1-32H. The molecule has 11 rings (SSSR count). The lowest BCUT2D eigenvalue weighted by Crippen LogP contribution is -1.96. The van der Waals surface area contributed by atoms with Crippen molar-refractivity contribution in [1.29, 1.82) is 0 Å². The molecule has 0 bridgehead atoms. The minimum atomic E-state index is 0.707. The van der Waals surface area contributed by atoms with Crippen LogP contribution in [0.5, 0.6) is 0 Å². The molecule has 252 valence electrons. The van der Waals surface area contributed by atoms with Gasteiger partial charge in [-0.2, -0.15) is 0 Å². The Kier molecular flexibility index (Phi) is 6.82. The van der Waals surface area contributed by atoms with E-state index in [1.54, 1.807) is 0 Å². The zero-order valence-corrected chi connectivity index (χ0v) is 29.3. The Morgan fingerprint density at radius 3 is 1.87 bits per heavy atom. The average Bonchev–Trinajstić information content (AvgIpc) is 3.81. The third kappa shape index (κ3) is 4.85. The van der Waals surface area contributed by atoms with Crippen LogP contribution in [0, 0.1) is 0 Å². The number of benzene rings is 8. The highest BCUT2D eigenvalue weighted by Gasteiger charge is 2.18. The van der Waals surface area contributed by atoms with Crippen molar-refractivity contribution in [2.45, 2.75) is 0 Å². The monoisotopic (exact) mass is 688 g/mol. The van der Waals surface area contributed by atoms with Gasteiger partial charge in [0.15, 0.2) is 5.82 Å². The van der Waals surface area contributed by atoms with Crippen LogP contribution in [0.25, 0.3) is 99.5 Å². The lowest BCUT2D eigenvalue weighted by atomic mass is 9.96. The summed E-state index contributed by atoms with van der Waals surface area (Å²) < 4.78 is 4.65. The Labute approximate surface area is 311 Å². The van der Waals surface area contributed by atoms with Crippen LogP contribution in [0.1, 0.15) is 0 Å². The number of nitrogens with zero attached hydrogens (tertiary/aromatic N) is 4. The van der Waals surface area contributed by atoms with E-state index >= 15 is 0 Å². The molecule has 3 aromatic heterocycles. The molecule has 0 spiro atoms. The molecular weight excluding hydrogens is 657 g/mol. The van der Waals surface area contributed by atoms with Gasteiger partial charge >= 0.3 is 0 Å². The van der Waals surface area contributed by atoms with Crippen LogP contribution in [0.4, 0.5) is 0 Å². The fraction of sp³-hybridized carbons (Fsp3) is 0. The molecule has 4 heteroatoms. The molecule has 0 fully saturated rings. The number of hydrogen-bond donors (Lipinski definition) is 0. The van der Waals surface area contributed by atoms with Gasteiger partial charge in [0.1, 0.15) is 0 Å². The molecule has 0 unspecified atom stereocenters. The molecular formula is C50H32N4. The van der Waals surface area contributed by atoms with Gasteiger partial charge in [-0.05, 0) is 88.6 Å². The molecule has 0 aliphatic carbocycles. The maximum absolute atomic E-state index is 5.32. The summed E-state index contributed by atoms with van der Waals surface area (Å²) in [5.41, 5.74) is 12.0. The largest absolute Gasteiger partial charge is 0.317 e. The summed E-state index contributed by atoms with van der Waals surface area (Å²) in [7, 11) is 0. The molecule has 4 nitrogen and oxygen atoms in total. The van der Waals surface area contributed by atoms with E-state index in [2.05, 4.69) is 203 Å². The van der Waals surface area contributed by atoms with Gasteiger partial charge in [-0.25, -0.2) is 9.97 Å². The summed E-state index contributed by atoms with van der Waals surface area (Å²) in [6, 6.07) is 66.9. The molecule has 0 aliphatic rings. The minimum absolute atomic E-state index is 0.707. The van der Waals surface area contributed by atoms with E-state index in [0.29, 0.717) is 5.82 Å². The molecule has 0 aliphatic heterocycles. The highest BCUT2D eigenvalue weighted by Crippen LogP contribution is 2.39. The quantitative estimate of drug-likeness (QED) is 0.180. The van der Waals surface area contributed by atoms with Crippen LogP contribution in [0.3, 0.4) is 0 Å².